The van der Waals surface area contributed by atoms with E-state index in [4.69, 9.17) is 10.00 Å². The Morgan fingerprint density at radius 3 is 2.82 bits per heavy atom. The summed E-state index contributed by atoms with van der Waals surface area (Å²) in [7, 11) is 0. The van der Waals surface area contributed by atoms with Gasteiger partial charge in [0.25, 0.3) is 0 Å². The average Bonchev–Trinajstić information content (AvgIpc) is 3.13. The second kappa shape index (κ2) is 7.45. The first-order valence-electron chi connectivity index (χ1n) is 8.50. The molecule has 0 unspecified atom stereocenters. The number of H-pyrrole nitrogens is 1. The van der Waals surface area contributed by atoms with E-state index in [-0.39, 0.29) is 24.3 Å². The number of benzene rings is 1. The Hall–Kier alpha value is -3.79. The van der Waals surface area contributed by atoms with E-state index in [9.17, 15) is 8.78 Å². The molecule has 138 valence electrons. The van der Waals surface area contributed by atoms with Gasteiger partial charge in [0.15, 0.2) is 18.2 Å². The Morgan fingerprint density at radius 1 is 1.14 bits per heavy atom. The molecular formula is C21H14F2N4O. The van der Waals surface area contributed by atoms with E-state index in [1.54, 1.807) is 30.9 Å². The number of nitriles is 1. The maximum atomic E-state index is 14.7. The SMILES string of the molecule is N#CCOc1ccc(F)c(Cc2c[nH]c3ncc(-c4cccnc4)cc23)c1F. The van der Waals surface area contributed by atoms with Gasteiger partial charge in [0.1, 0.15) is 17.5 Å². The molecule has 0 aliphatic carbocycles. The lowest BCUT2D eigenvalue weighted by molar-refractivity contribution is 0.342. The number of pyridine rings is 2. The van der Waals surface area contributed by atoms with E-state index >= 15 is 0 Å². The average molecular weight is 376 g/mol. The van der Waals surface area contributed by atoms with Gasteiger partial charge in [-0.3, -0.25) is 4.98 Å². The molecule has 0 aliphatic rings. The predicted molar refractivity (Wildman–Crippen MR) is 99.6 cm³/mol. The molecule has 4 aromatic rings. The van der Waals surface area contributed by atoms with Crippen LogP contribution in [-0.2, 0) is 6.42 Å². The molecule has 0 saturated carbocycles. The molecule has 0 fully saturated rings. The number of fused-ring (bicyclic) bond motifs is 1. The van der Waals surface area contributed by atoms with Gasteiger partial charge in [-0.15, -0.1) is 0 Å². The first-order valence-corrected chi connectivity index (χ1v) is 8.50. The van der Waals surface area contributed by atoms with E-state index < -0.39 is 11.6 Å². The molecule has 0 aliphatic heterocycles. The Bertz CT molecular complexity index is 1180. The zero-order chi connectivity index (χ0) is 19.5. The zero-order valence-electron chi connectivity index (χ0n) is 14.6. The number of nitrogens with one attached hydrogen (secondary N) is 1. The van der Waals surface area contributed by atoms with Crippen molar-refractivity contribution in [3.05, 3.63) is 77.9 Å². The number of rotatable bonds is 5. The van der Waals surface area contributed by atoms with Crippen molar-refractivity contribution in [3.63, 3.8) is 0 Å². The lowest BCUT2D eigenvalue weighted by Gasteiger charge is -2.09. The number of aromatic amines is 1. The molecular weight excluding hydrogens is 362 g/mol. The number of ether oxygens (including phenoxy) is 1. The molecule has 0 atom stereocenters. The van der Waals surface area contributed by atoms with Crippen molar-refractivity contribution in [2.24, 2.45) is 0 Å². The van der Waals surface area contributed by atoms with E-state index in [0.717, 1.165) is 22.6 Å². The molecule has 3 heterocycles. The Balaban J connectivity index is 1.74. The van der Waals surface area contributed by atoms with E-state index in [1.807, 2.05) is 18.2 Å². The van der Waals surface area contributed by atoms with Crippen molar-refractivity contribution in [1.29, 1.82) is 5.26 Å². The van der Waals surface area contributed by atoms with E-state index in [1.165, 1.54) is 6.07 Å². The largest absolute Gasteiger partial charge is 0.476 e. The van der Waals surface area contributed by atoms with Crippen LogP contribution in [0.5, 0.6) is 5.75 Å². The molecule has 1 aromatic carbocycles. The molecule has 0 amide bonds. The van der Waals surface area contributed by atoms with Gasteiger partial charge in [0.05, 0.1) is 0 Å². The summed E-state index contributed by atoms with van der Waals surface area (Å²) >= 11 is 0. The Labute approximate surface area is 159 Å². The van der Waals surface area contributed by atoms with Crippen LogP contribution in [0.2, 0.25) is 0 Å². The first kappa shape index (κ1) is 17.6. The molecule has 0 spiro atoms. The van der Waals surface area contributed by atoms with Crippen LogP contribution in [0.25, 0.3) is 22.2 Å². The summed E-state index contributed by atoms with van der Waals surface area (Å²) in [4.78, 5) is 11.5. The van der Waals surface area contributed by atoms with Crippen LogP contribution in [0.15, 0.2) is 55.1 Å². The van der Waals surface area contributed by atoms with Gasteiger partial charge in [-0.25, -0.2) is 13.8 Å². The van der Waals surface area contributed by atoms with E-state index in [0.29, 0.717) is 11.2 Å². The summed E-state index contributed by atoms with van der Waals surface area (Å²) < 4.78 is 34.0. The van der Waals surface area contributed by atoms with Crippen LogP contribution >= 0.6 is 0 Å². The summed E-state index contributed by atoms with van der Waals surface area (Å²) in [5.74, 6) is -1.62. The Kier molecular flexibility index (Phi) is 4.68. The van der Waals surface area contributed by atoms with Crippen molar-refractivity contribution in [1.82, 2.24) is 15.0 Å². The van der Waals surface area contributed by atoms with Gasteiger partial charge in [-0.05, 0) is 29.8 Å². The maximum absolute atomic E-state index is 14.7. The monoisotopic (exact) mass is 376 g/mol. The van der Waals surface area contributed by atoms with Gasteiger partial charge in [0.2, 0.25) is 0 Å². The second-order valence-corrected chi connectivity index (χ2v) is 6.14. The minimum Gasteiger partial charge on any atom is -0.476 e. The highest BCUT2D eigenvalue weighted by Crippen LogP contribution is 2.29. The van der Waals surface area contributed by atoms with Gasteiger partial charge in [-0.2, -0.15) is 5.26 Å². The number of hydrogen-bond donors (Lipinski definition) is 1. The minimum atomic E-state index is -0.805. The van der Waals surface area contributed by atoms with Crippen molar-refractivity contribution in [2.75, 3.05) is 6.61 Å². The summed E-state index contributed by atoms with van der Waals surface area (Å²) in [6.07, 6.45) is 6.83. The molecule has 0 radical (unpaired) electrons. The van der Waals surface area contributed by atoms with Gasteiger partial charge < -0.3 is 9.72 Å². The normalized spacial score (nSPS) is 10.8. The van der Waals surface area contributed by atoms with Gasteiger partial charge >= 0.3 is 0 Å². The highest BCUT2D eigenvalue weighted by atomic mass is 19.1. The molecule has 1 N–H and O–H groups in total. The molecule has 0 bridgehead atoms. The molecule has 0 saturated heterocycles. The van der Waals surface area contributed by atoms with Gasteiger partial charge in [-0.1, -0.05) is 6.07 Å². The summed E-state index contributed by atoms with van der Waals surface area (Å²) in [6, 6.07) is 9.75. The predicted octanol–water partition coefficient (Wildman–Crippen LogP) is 4.40. The fourth-order valence-electron chi connectivity index (χ4n) is 3.05. The van der Waals surface area contributed by atoms with Crippen LogP contribution in [0.4, 0.5) is 8.78 Å². The molecule has 28 heavy (non-hydrogen) atoms. The highest BCUT2D eigenvalue weighted by molar-refractivity contribution is 5.84. The van der Waals surface area contributed by atoms with Crippen molar-refractivity contribution in [3.8, 4) is 22.9 Å². The third kappa shape index (κ3) is 3.28. The number of aromatic nitrogens is 3. The van der Waals surface area contributed by atoms with Crippen molar-refractivity contribution in [2.45, 2.75) is 6.42 Å². The number of halogens is 2. The topological polar surface area (TPSA) is 74.6 Å². The molecule has 7 heteroatoms. The van der Waals surface area contributed by atoms with Crippen LogP contribution < -0.4 is 4.74 Å². The lowest BCUT2D eigenvalue weighted by Crippen LogP contribution is -2.02. The minimum absolute atomic E-state index is 0.0135. The molecule has 3 aromatic heterocycles. The standard InChI is InChI=1S/C21H14F2N4O/c22-18-3-4-19(28-7-5-24)20(23)17(18)9-15-12-27-21-16(15)8-14(11-26-21)13-2-1-6-25-10-13/h1-4,6,8,10-12H,7,9H2,(H,26,27). The van der Waals surface area contributed by atoms with Crippen molar-refractivity contribution >= 4 is 11.0 Å². The van der Waals surface area contributed by atoms with Crippen LogP contribution in [0.1, 0.15) is 11.1 Å². The number of nitrogens with zero attached hydrogens (tertiary/aromatic N) is 3. The third-order valence-electron chi connectivity index (χ3n) is 4.42. The quantitative estimate of drug-likeness (QED) is 0.560. The van der Waals surface area contributed by atoms with Crippen LogP contribution in [-0.4, -0.2) is 21.6 Å². The zero-order valence-corrected chi connectivity index (χ0v) is 14.6. The fraction of sp³-hybridized carbons (Fsp3) is 0.0952. The molecule has 5 nitrogen and oxygen atoms in total. The smallest absolute Gasteiger partial charge is 0.174 e. The van der Waals surface area contributed by atoms with Crippen LogP contribution in [0, 0.1) is 23.0 Å². The summed E-state index contributed by atoms with van der Waals surface area (Å²) in [5, 5.41) is 9.37. The Morgan fingerprint density at radius 2 is 2.04 bits per heavy atom. The van der Waals surface area contributed by atoms with E-state index in [2.05, 4.69) is 15.0 Å². The maximum Gasteiger partial charge on any atom is 0.174 e. The first-order chi connectivity index (χ1) is 13.7. The van der Waals surface area contributed by atoms with Crippen LogP contribution in [0.3, 0.4) is 0 Å². The lowest BCUT2D eigenvalue weighted by atomic mass is 10.0. The second-order valence-electron chi connectivity index (χ2n) is 6.14. The summed E-state index contributed by atoms with van der Waals surface area (Å²) in [6.45, 7) is -0.312. The highest BCUT2D eigenvalue weighted by Gasteiger charge is 2.17. The van der Waals surface area contributed by atoms with Crippen molar-refractivity contribution < 1.29 is 13.5 Å². The third-order valence-corrected chi connectivity index (χ3v) is 4.42. The molecule has 4 rings (SSSR count). The number of hydrogen-bond acceptors (Lipinski definition) is 4. The fourth-order valence-corrected chi connectivity index (χ4v) is 3.05. The summed E-state index contributed by atoms with van der Waals surface area (Å²) in [5.41, 5.74) is 2.95. The van der Waals surface area contributed by atoms with Gasteiger partial charge in [0, 0.05) is 53.3 Å².